The molecule has 0 radical (unpaired) electrons. The van der Waals surface area contributed by atoms with Crippen molar-refractivity contribution in [3.8, 4) is 0 Å². The molecule has 22 heavy (non-hydrogen) atoms. The third kappa shape index (κ3) is 3.37. The van der Waals surface area contributed by atoms with Crippen LogP contribution in [0.4, 0.5) is 10.1 Å². The van der Waals surface area contributed by atoms with Crippen LogP contribution in [0.25, 0.3) is 0 Å². The Hall–Kier alpha value is -1.30. The molecule has 0 spiro atoms. The first-order valence-electron chi connectivity index (χ1n) is 6.37. The lowest BCUT2D eigenvalue weighted by atomic mass is 10.2. The molecule has 118 valence electrons. The van der Waals surface area contributed by atoms with Gasteiger partial charge in [0.2, 0.25) is 0 Å². The Morgan fingerprint density at radius 3 is 2.18 bits per heavy atom. The van der Waals surface area contributed by atoms with Crippen LogP contribution in [-0.4, -0.2) is 8.42 Å². The molecule has 0 atom stereocenters. The van der Waals surface area contributed by atoms with E-state index in [1.165, 1.54) is 19.1 Å². The van der Waals surface area contributed by atoms with Crippen LogP contribution in [0.5, 0.6) is 0 Å². The molecule has 0 aliphatic rings. The Kier molecular flexibility index (Phi) is 4.70. The molecule has 0 saturated carbocycles. The number of sulfonamides is 1. The molecule has 3 nitrogen and oxygen atoms in total. The van der Waals surface area contributed by atoms with Gasteiger partial charge >= 0.3 is 0 Å². The van der Waals surface area contributed by atoms with E-state index in [1.54, 1.807) is 19.9 Å². The van der Waals surface area contributed by atoms with Gasteiger partial charge in [-0.3, -0.25) is 4.72 Å². The van der Waals surface area contributed by atoms with Gasteiger partial charge in [0, 0.05) is 5.02 Å². The van der Waals surface area contributed by atoms with E-state index in [0.717, 1.165) is 6.07 Å². The molecule has 0 aliphatic heterocycles. The zero-order chi connectivity index (χ0) is 16.7. The molecule has 1 N–H and O–H groups in total. The summed E-state index contributed by atoms with van der Waals surface area (Å²) < 4.78 is 40.8. The molecule has 0 fully saturated rings. The van der Waals surface area contributed by atoms with Crippen molar-refractivity contribution in [1.82, 2.24) is 0 Å². The van der Waals surface area contributed by atoms with Crippen molar-refractivity contribution < 1.29 is 12.8 Å². The minimum absolute atomic E-state index is 0.00462. The lowest BCUT2D eigenvalue weighted by molar-refractivity contribution is 0.600. The van der Waals surface area contributed by atoms with Crippen LogP contribution in [-0.2, 0) is 10.0 Å². The van der Waals surface area contributed by atoms with Crippen molar-refractivity contribution in [3.63, 3.8) is 0 Å². The number of hydrogen-bond acceptors (Lipinski definition) is 2. The summed E-state index contributed by atoms with van der Waals surface area (Å²) in [6.45, 7) is 4.90. The largest absolute Gasteiger partial charge is 0.278 e. The normalized spacial score (nSPS) is 11.5. The first-order valence-corrected chi connectivity index (χ1v) is 8.61. The lowest BCUT2D eigenvalue weighted by Crippen LogP contribution is -2.15. The molecule has 0 aromatic heterocycles. The van der Waals surface area contributed by atoms with Gasteiger partial charge in [-0.1, -0.05) is 23.2 Å². The highest BCUT2D eigenvalue weighted by molar-refractivity contribution is 7.92. The van der Waals surface area contributed by atoms with Crippen LogP contribution >= 0.6 is 23.2 Å². The van der Waals surface area contributed by atoms with Gasteiger partial charge in [0.25, 0.3) is 10.0 Å². The first kappa shape index (κ1) is 17.1. The molecule has 0 heterocycles. The van der Waals surface area contributed by atoms with E-state index < -0.39 is 15.8 Å². The van der Waals surface area contributed by atoms with E-state index >= 15 is 0 Å². The van der Waals surface area contributed by atoms with Crippen LogP contribution < -0.4 is 4.72 Å². The summed E-state index contributed by atoms with van der Waals surface area (Å²) in [4.78, 5) is 0.104. The summed E-state index contributed by atoms with van der Waals surface area (Å²) in [6.07, 6.45) is 0. The number of halogens is 3. The monoisotopic (exact) mass is 361 g/mol. The predicted octanol–water partition coefficient (Wildman–Crippen LogP) is 4.86. The molecule has 0 amide bonds. The van der Waals surface area contributed by atoms with Crippen molar-refractivity contribution in [2.45, 2.75) is 25.7 Å². The zero-order valence-electron chi connectivity index (χ0n) is 12.2. The third-order valence-electron chi connectivity index (χ3n) is 3.24. The molecule has 2 rings (SSSR count). The number of aryl methyl sites for hydroxylation is 3. The van der Waals surface area contributed by atoms with E-state index in [1.807, 2.05) is 0 Å². The SMILES string of the molecule is Cc1cc(NS(=O)(=O)c2cc(C)c(Cl)cc2C)c(Cl)cc1F. The fourth-order valence-corrected chi connectivity index (χ4v) is 3.83. The summed E-state index contributed by atoms with van der Waals surface area (Å²) in [5, 5.41) is 0.488. The number of hydrogen-bond donors (Lipinski definition) is 1. The molecular formula is C15H14Cl2FNO2S. The van der Waals surface area contributed by atoms with Crippen molar-refractivity contribution in [3.05, 3.63) is 56.8 Å². The molecule has 0 unspecified atom stereocenters. The second-order valence-electron chi connectivity index (χ2n) is 5.05. The van der Waals surface area contributed by atoms with Crippen molar-refractivity contribution >= 4 is 38.9 Å². The fourth-order valence-electron chi connectivity index (χ4n) is 1.98. The quantitative estimate of drug-likeness (QED) is 0.848. The number of anilines is 1. The van der Waals surface area contributed by atoms with Gasteiger partial charge in [-0.15, -0.1) is 0 Å². The van der Waals surface area contributed by atoms with Crippen LogP contribution in [0.1, 0.15) is 16.7 Å². The lowest BCUT2D eigenvalue weighted by Gasteiger charge is -2.13. The molecule has 2 aromatic carbocycles. The summed E-state index contributed by atoms with van der Waals surface area (Å²) >= 11 is 11.9. The van der Waals surface area contributed by atoms with Crippen LogP contribution in [0.2, 0.25) is 10.0 Å². The Labute approximate surface area is 139 Å². The van der Waals surface area contributed by atoms with Crippen LogP contribution in [0.3, 0.4) is 0 Å². The average Bonchev–Trinajstić information content (AvgIpc) is 2.39. The Balaban J connectivity index is 2.49. The smallest absolute Gasteiger partial charge is 0.262 e. The van der Waals surface area contributed by atoms with E-state index in [-0.39, 0.29) is 15.6 Å². The molecule has 0 aliphatic carbocycles. The van der Waals surface area contributed by atoms with Crippen molar-refractivity contribution in [2.75, 3.05) is 4.72 Å². The summed E-state index contributed by atoms with van der Waals surface area (Å²) in [7, 11) is -3.85. The summed E-state index contributed by atoms with van der Waals surface area (Å²) in [6, 6.07) is 5.51. The highest BCUT2D eigenvalue weighted by atomic mass is 35.5. The van der Waals surface area contributed by atoms with E-state index in [2.05, 4.69) is 4.72 Å². The van der Waals surface area contributed by atoms with E-state index in [9.17, 15) is 12.8 Å². The summed E-state index contributed by atoms with van der Waals surface area (Å²) in [5.41, 5.74) is 1.59. The minimum atomic E-state index is -3.85. The number of rotatable bonds is 3. The fraction of sp³-hybridized carbons (Fsp3) is 0.200. The molecule has 7 heteroatoms. The Bertz CT molecular complexity index is 851. The predicted molar refractivity (Wildman–Crippen MR) is 87.9 cm³/mol. The third-order valence-corrected chi connectivity index (χ3v) is 5.47. The van der Waals surface area contributed by atoms with Crippen LogP contribution in [0.15, 0.2) is 29.2 Å². The van der Waals surface area contributed by atoms with Crippen molar-refractivity contribution in [1.29, 1.82) is 0 Å². The highest BCUT2D eigenvalue weighted by Crippen LogP contribution is 2.30. The van der Waals surface area contributed by atoms with Gasteiger partial charge < -0.3 is 0 Å². The van der Waals surface area contributed by atoms with E-state index in [4.69, 9.17) is 23.2 Å². The standard InChI is InChI=1S/C15H14Cl2FNO2S/c1-8-6-15(10(3)4-11(8)16)22(20,21)19-14-5-9(2)13(18)7-12(14)17/h4-7,19H,1-3H3. The Morgan fingerprint density at radius 2 is 1.55 bits per heavy atom. The zero-order valence-corrected chi connectivity index (χ0v) is 14.5. The van der Waals surface area contributed by atoms with E-state index in [0.29, 0.717) is 21.7 Å². The van der Waals surface area contributed by atoms with Crippen molar-refractivity contribution in [2.24, 2.45) is 0 Å². The topological polar surface area (TPSA) is 46.2 Å². The molecule has 0 bridgehead atoms. The molecule has 2 aromatic rings. The van der Waals surface area contributed by atoms with Gasteiger partial charge in [0.15, 0.2) is 0 Å². The maximum Gasteiger partial charge on any atom is 0.262 e. The summed E-state index contributed by atoms with van der Waals surface area (Å²) in [5.74, 6) is -0.494. The maximum absolute atomic E-state index is 13.4. The minimum Gasteiger partial charge on any atom is -0.278 e. The number of benzene rings is 2. The highest BCUT2D eigenvalue weighted by Gasteiger charge is 2.20. The van der Waals surface area contributed by atoms with Gasteiger partial charge in [0.1, 0.15) is 5.82 Å². The average molecular weight is 362 g/mol. The molecule has 0 saturated heterocycles. The Morgan fingerprint density at radius 1 is 0.909 bits per heavy atom. The first-order chi connectivity index (χ1) is 10.1. The van der Waals surface area contributed by atoms with Crippen LogP contribution in [0, 0.1) is 26.6 Å². The van der Waals surface area contributed by atoms with Gasteiger partial charge in [-0.05, 0) is 61.7 Å². The second-order valence-corrected chi connectivity index (χ2v) is 7.52. The van der Waals surface area contributed by atoms with Gasteiger partial charge in [0.05, 0.1) is 15.6 Å². The van der Waals surface area contributed by atoms with Gasteiger partial charge in [-0.25, -0.2) is 12.8 Å². The molecular weight excluding hydrogens is 348 g/mol. The maximum atomic E-state index is 13.4. The number of nitrogens with one attached hydrogen (secondary N) is 1. The second kappa shape index (κ2) is 6.07. The van der Waals surface area contributed by atoms with Gasteiger partial charge in [-0.2, -0.15) is 0 Å².